The molecule has 2 aliphatic carbocycles. The smallest absolute Gasteiger partial charge is 0.282 e. The Balaban J connectivity index is 1.50. The molecule has 1 aromatic rings. The highest BCUT2D eigenvalue weighted by atomic mass is 32.1. The van der Waals surface area contributed by atoms with Crippen LogP contribution in [0.2, 0.25) is 0 Å². The van der Waals surface area contributed by atoms with Crippen LogP contribution in [-0.4, -0.2) is 40.0 Å². The van der Waals surface area contributed by atoms with E-state index in [0.717, 1.165) is 19.3 Å². The fourth-order valence-electron chi connectivity index (χ4n) is 2.89. The molecular weight excluding hydrogens is 326 g/mol. The third kappa shape index (κ3) is 3.82. The van der Waals surface area contributed by atoms with E-state index in [4.69, 9.17) is 0 Å². The van der Waals surface area contributed by atoms with E-state index in [1.807, 2.05) is 0 Å². The minimum atomic E-state index is -2.85. The average Bonchev–Trinajstić information content (AvgIpc) is 2.91. The molecule has 1 aromatic heterocycles. The monoisotopic (exact) mass is 344 g/mol. The van der Waals surface area contributed by atoms with Crippen molar-refractivity contribution in [3.05, 3.63) is 10.0 Å². The van der Waals surface area contributed by atoms with Crippen LogP contribution in [0.25, 0.3) is 0 Å². The van der Waals surface area contributed by atoms with Crippen molar-refractivity contribution in [1.29, 1.82) is 0 Å². The Morgan fingerprint density at radius 2 is 1.87 bits per heavy atom. The fourth-order valence-corrected chi connectivity index (χ4v) is 3.48. The van der Waals surface area contributed by atoms with Gasteiger partial charge in [0.15, 0.2) is 0 Å². The minimum Gasteiger partial charge on any atom is -0.353 e. The van der Waals surface area contributed by atoms with Crippen LogP contribution in [0.4, 0.5) is 8.78 Å². The maximum absolute atomic E-state index is 12.9. The van der Waals surface area contributed by atoms with Crippen LogP contribution in [0.3, 0.4) is 0 Å². The van der Waals surface area contributed by atoms with Gasteiger partial charge in [-0.05, 0) is 32.6 Å². The summed E-state index contributed by atoms with van der Waals surface area (Å²) in [6.45, 7) is 1.77. The fraction of sp³-hybridized carbons (Fsp3) is 0.714. The number of carbonyl (C=O) groups is 2. The molecule has 1 heterocycles. The predicted octanol–water partition coefficient (Wildman–Crippen LogP) is 1.66. The van der Waals surface area contributed by atoms with Crippen molar-refractivity contribution in [3.8, 4) is 0 Å². The van der Waals surface area contributed by atoms with Gasteiger partial charge in [-0.15, -0.1) is 10.2 Å². The molecule has 2 amide bonds. The summed E-state index contributed by atoms with van der Waals surface area (Å²) in [7, 11) is 0. The molecule has 0 aliphatic heterocycles. The van der Waals surface area contributed by atoms with Crippen LogP contribution in [0.1, 0.15) is 46.9 Å². The van der Waals surface area contributed by atoms with Crippen molar-refractivity contribution in [3.63, 3.8) is 0 Å². The van der Waals surface area contributed by atoms with E-state index in [2.05, 4.69) is 20.8 Å². The number of amides is 2. The van der Waals surface area contributed by atoms with E-state index >= 15 is 0 Å². The van der Waals surface area contributed by atoms with E-state index < -0.39 is 17.7 Å². The number of rotatable bonds is 4. The molecule has 0 saturated heterocycles. The highest BCUT2D eigenvalue weighted by Gasteiger charge is 2.61. The normalized spacial score (nSPS) is 28.9. The number of carbonyl (C=O) groups excluding carboxylic acids is 2. The van der Waals surface area contributed by atoms with Gasteiger partial charge in [0, 0.05) is 18.5 Å². The summed E-state index contributed by atoms with van der Waals surface area (Å²) in [4.78, 5) is 23.8. The highest BCUT2D eigenvalue weighted by molar-refractivity contribution is 7.13. The van der Waals surface area contributed by atoms with Crippen LogP contribution < -0.4 is 10.6 Å². The van der Waals surface area contributed by atoms with Crippen molar-refractivity contribution in [2.45, 2.75) is 57.0 Å². The molecule has 9 heteroatoms. The summed E-state index contributed by atoms with van der Waals surface area (Å²) in [6, 6.07) is -0.264. The lowest BCUT2D eigenvalue weighted by atomic mass is 9.90. The summed E-state index contributed by atoms with van der Waals surface area (Å²) in [5.74, 6) is -4.88. The number of hydrogen-bond acceptors (Lipinski definition) is 5. The first-order valence-electron chi connectivity index (χ1n) is 7.64. The van der Waals surface area contributed by atoms with E-state index in [1.165, 1.54) is 11.3 Å². The zero-order valence-electron chi connectivity index (χ0n) is 12.6. The second-order valence-electron chi connectivity index (χ2n) is 6.19. The van der Waals surface area contributed by atoms with Gasteiger partial charge in [-0.25, -0.2) is 8.78 Å². The average molecular weight is 344 g/mol. The molecule has 2 saturated carbocycles. The molecular formula is C14H18F2N4O2S. The summed E-state index contributed by atoms with van der Waals surface area (Å²) >= 11 is 1.22. The van der Waals surface area contributed by atoms with Crippen LogP contribution in [-0.2, 0) is 4.79 Å². The lowest BCUT2D eigenvalue weighted by Gasteiger charge is -2.30. The zero-order valence-corrected chi connectivity index (χ0v) is 13.5. The summed E-state index contributed by atoms with van der Waals surface area (Å²) in [5, 5.41) is 14.2. The van der Waals surface area contributed by atoms with E-state index in [-0.39, 0.29) is 24.4 Å². The Hall–Kier alpha value is -1.64. The van der Waals surface area contributed by atoms with Crippen molar-refractivity contribution in [2.24, 2.45) is 5.92 Å². The summed E-state index contributed by atoms with van der Waals surface area (Å²) < 4.78 is 25.8. The quantitative estimate of drug-likeness (QED) is 0.870. The zero-order chi connectivity index (χ0) is 16.6. The van der Waals surface area contributed by atoms with Crippen LogP contribution in [0.15, 0.2) is 0 Å². The number of hydrogen-bond donors (Lipinski definition) is 2. The second kappa shape index (κ2) is 6.10. The van der Waals surface area contributed by atoms with E-state index in [0.29, 0.717) is 16.4 Å². The van der Waals surface area contributed by atoms with E-state index in [1.54, 1.807) is 6.92 Å². The SMILES string of the molecule is Cc1nnc(C(=O)NC2CCCC(NC(=O)C3CC3(F)F)C2)s1. The second-order valence-corrected chi connectivity index (χ2v) is 7.37. The molecule has 2 N–H and O–H groups in total. The molecule has 0 spiro atoms. The molecule has 126 valence electrons. The molecule has 0 bridgehead atoms. The molecule has 6 nitrogen and oxygen atoms in total. The third-order valence-corrected chi connectivity index (χ3v) is 5.06. The molecule has 3 unspecified atom stereocenters. The van der Waals surface area contributed by atoms with Gasteiger partial charge in [0.1, 0.15) is 10.9 Å². The van der Waals surface area contributed by atoms with Gasteiger partial charge in [0.25, 0.3) is 11.8 Å². The lowest BCUT2D eigenvalue weighted by Crippen LogP contribution is -2.46. The first kappa shape index (κ1) is 16.2. The maximum atomic E-state index is 12.9. The Labute approximate surface area is 136 Å². The molecule has 2 aliphatic rings. The van der Waals surface area contributed by atoms with E-state index in [9.17, 15) is 18.4 Å². The van der Waals surface area contributed by atoms with Crippen molar-refractivity contribution >= 4 is 23.2 Å². The molecule has 2 fully saturated rings. The number of nitrogens with zero attached hydrogens (tertiary/aromatic N) is 2. The van der Waals surface area contributed by atoms with Crippen molar-refractivity contribution in [1.82, 2.24) is 20.8 Å². The predicted molar refractivity (Wildman–Crippen MR) is 79.4 cm³/mol. The van der Waals surface area contributed by atoms with Crippen molar-refractivity contribution < 1.29 is 18.4 Å². The number of aromatic nitrogens is 2. The highest BCUT2D eigenvalue weighted by Crippen LogP contribution is 2.48. The lowest BCUT2D eigenvalue weighted by molar-refractivity contribution is -0.125. The standard InChI is InChI=1S/C14H18F2N4O2S/c1-7-19-20-13(23-7)12(22)18-9-4-2-3-8(5-9)17-11(21)10-6-14(10,15)16/h8-10H,2-6H2,1H3,(H,17,21)(H,18,22). The van der Waals surface area contributed by atoms with Gasteiger partial charge in [0.05, 0.1) is 0 Å². The maximum Gasteiger partial charge on any atom is 0.282 e. The Morgan fingerprint density at radius 3 is 2.43 bits per heavy atom. The topological polar surface area (TPSA) is 84.0 Å². The van der Waals surface area contributed by atoms with Crippen LogP contribution >= 0.6 is 11.3 Å². The molecule has 3 rings (SSSR count). The minimum absolute atomic E-state index is 0.0922. The number of alkyl halides is 2. The van der Waals surface area contributed by atoms with Gasteiger partial charge in [-0.3, -0.25) is 9.59 Å². The van der Waals surface area contributed by atoms with Gasteiger partial charge in [-0.1, -0.05) is 11.3 Å². The molecule has 0 aromatic carbocycles. The number of nitrogens with one attached hydrogen (secondary N) is 2. The number of halogens is 2. The van der Waals surface area contributed by atoms with Gasteiger partial charge in [0.2, 0.25) is 10.9 Å². The Bertz CT molecular complexity index is 622. The number of aryl methyl sites for hydroxylation is 1. The largest absolute Gasteiger partial charge is 0.353 e. The summed E-state index contributed by atoms with van der Waals surface area (Å²) in [5.41, 5.74) is 0. The van der Waals surface area contributed by atoms with Crippen LogP contribution in [0, 0.1) is 12.8 Å². The first-order chi connectivity index (χ1) is 10.8. The van der Waals surface area contributed by atoms with Crippen LogP contribution in [0.5, 0.6) is 0 Å². The first-order valence-corrected chi connectivity index (χ1v) is 8.46. The molecule has 0 radical (unpaired) electrons. The third-order valence-electron chi connectivity index (χ3n) is 4.22. The van der Waals surface area contributed by atoms with Gasteiger partial charge in [-0.2, -0.15) is 0 Å². The Morgan fingerprint density at radius 1 is 1.22 bits per heavy atom. The molecule has 23 heavy (non-hydrogen) atoms. The Kier molecular flexibility index (Phi) is 4.31. The summed E-state index contributed by atoms with van der Waals surface area (Å²) in [6.07, 6.45) is 2.56. The van der Waals surface area contributed by atoms with Crippen molar-refractivity contribution in [2.75, 3.05) is 0 Å². The molecule has 3 atom stereocenters. The van der Waals surface area contributed by atoms with Gasteiger partial charge < -0.3 is 10.6 Å². The van der Waals surface area contributed by atoms with Gasteiger partial charge >= 0.3 is 0 Å².